The summed E-state index contributed by atoms with van der Waals surface area (Å²) in [6.07, 6.45) is 4.81. The Morgan fingerprint density at radius 3 is 2.55 bits per heavy atom. The summed E-state index contributed by atoms with van der Waals surface area (Å²) < 4.78 is 15.7. The molecule has 0 aliphatic carbocycles. The summed E-state index contributed by atoms with van der Waals surface area (Å²) in [5.74, 6) is -1.22. The van der Waals surface area contributed by atoms with Crippen LogP contribution in [0.4, 0.5) is 10.1 Å². The van der Waals surface area contributed by atoms with Crippen LogP contribution in [0.2, 0.25) is 4.34 Å². The van der Waals surface area contributed by atoms with Gasteiger partial charge in [-0.1, -0.05) is 18.5 Å². The average molecular weight is 546 g/mol. The van der Waals surface area contributed by atoms with Crippen LogP contribution in [0.15, 0.2) is 85.3 Å². The Kier molecular flexibility index (Phi) is 6.17. The van der Waals surface area contributed by atoms with Gasteiger partial charge in [-0.3, -0.25) is 14.6 Å². The molecule has 1 fully saturated rings. The van der Waals surface area contributed by atoms with E-state index in [9.17, 15) is 14.0 Å². The molecule has 10 heteroatoms. The van der Waals surface area contributed by atoms with Crippen LogP contribution in [-0.4, -0.2) is 32.6 Å². The minimum atomic E-state index is -0.498. The second-order valence-corrected chi connectivity index (χ2v) is 10.8. The maximum atomic E-state index is 13.7. The van der Waals surface area contributed by atoms with Gasteiger partial charge >= 0.3 is 0 Å². The first-order valence-electron chi connectivity index (χ1n) is 11.9. The van der Waals surface area contributed by atoms with Gasteiger partial charge in [0.2, 0.25) is 5.91 Å². The number of thiophene rings is 1. The zero-order chi connectivity index (χ0) is 26.4. The van der Waals surface area contributed by atoms with Gasteiger partial charge in [-0.15, -0.1) is 11.3 Å². The molecule has 38 heavy (non-hydrogen) atoms. The smallest absolute Gasteiger partial charge is 0.253 e. The van der Waals surface area contributed by atoms with Crippen molar-refractivity contribution in [2.45, 2.75) is 19.0 Å². The summed E-state index contributed by atoms with van der Waals surface area (Å²) >= 11 is 7.67. The number of halogens is 2. The Bertz CT molecular complexity index is 1650. The molecule has 3 atom stereocenters. The van der Waals surface area contributed by atoms with Crippen LogP contribution in [0.25, 0.3) is 16.6 Å². The van der Waals surface area contributed by atoms with E-state index in [1.165, 1.54) is 29.7 Å². The molecule has 5 aromatic rings. The van der Waals surface area contributed by atoms with Crippen LogP contribution in [-0.2, 0) is 4.79 Å². The average Bonchev–Trinajstić information content (AvgIpc) is 3.62. The number of nitrogens with one attached hydrogen (secondary N) is 1. The Balaban J connectivity index is 1.39. The van der Waals surface area contributed by atoms with Crippen molar-refractivity contribution >= 4 is 51.3 Å². The zero-order valence-electron chi connectivity index (χ0n) is 20.1. The largest absolute Gasteiger partial charge is 0.346 e. The first-order chi connectivity index (χ1) is 18.4. The Morgan fingerprint density at radius 2 is 1.84 bits per heavy atom. The number of anilines is 1. The number of amides is 2. The van der Waals surface area contributed by atoms with E-state index in [-0.39, 0.29) is 17.6 Å². The highest BCUT2D eigenvalue weighted by Crippen LogP contribution is 2.44. The van der Waals surface area contributed by atoms with Gasteiger partial charge < -0.3 is 10.2 Å². The molecule has 7 nitrogen and oxygen atoms in total. The van der Waals surface area contributed by atoms with Crippen molar-refractivity contribution in [3.63, 3.8) is 0 Å². The third kappa shape index (κ3) is 4.23. The van der Waals surface area contributed by atoms with E-state index in [1.54, 1.807) is 52.3 Å². The van der Waals surface area contributed by atoms with E-state index < -0.39 is 18.0 Å². The first kappa shape index (κ1) is 24.3. The van der Waals surface area contributed by atoms with Crippen molar-refractivity contribution in [1.82, 2.24) is 20.1 Å². The first-order valence-corrected chi connectivity index (χ1v) is 13.1. The molecule has 0 saturated carbocycles. The van der Waals surface area contributed by atoms with Gasteiger partial charge in [-0.25, -0.2) is 9.07 Å². The van der Waals surface area contributed by atoms with Gasteiger partial charge in [-0.05, 0) is 66.7 Å². The van der Waals surface area contributed by atoms with Crippen LogP contribution in [0.5, 0.6) is 0 Å². The second kappa shape index (κ2) is 9.66. The zero-order valence-corrected chi connectivity index (χ0v) is 21.7. The third-order valence-electron chi connectivity index (χ3n) is 6.79. The fourth-order valence-corrected chi connectivity index (χ4v) is 6.12. The topological polar surface area (TPSA) is 80.1 Å². The van der Waals surface area contributed by atoms with E-state index in [1.807, 2.05) is 31.2 Å². The van der Waals surface area contributed by atoms with Crippen LogP contribution < -0.4 is 10.2 Å². The normalized spacial score (nSPS) is 19.3. The lowest BCUT2D eigenvalue weighted by Crippen LogP contribution is -2.41. The fourth-order valence-electron chi connectivity index (χ4n) is 4.92. The molecule has 2 amide bonds. The molecule has 1 unspecified atom stereocenters. The number of hydrogen-bond donors (Lipinski definition) is 1. The molecule has 4 heterocycles. The monoisotopic (exact) mass is 545 g/mol. The SMILES string of the molecule is C[C@@H]1C(=O)N(c2ccc3c(cnn3-c3ccc(F)cc3)c2)C(c2ccc(Cl)s2)[C@H]1NC(=O)c1cccnc1. The van der Waals surface area contributed by atoms with Crippen LogP contribution >= 0.6 is 22.9 Å². The van der Waals surface area contributed by atoms with Gasteiger partial charge in [0.25, 0.3) is 5.91 Å². The van der Waals surface area contributed by atoms with Crippen LogP contribution in [0.3, 0.4) is 0 Å². The van der Waals surface area contributed by atoms with Gasteiger partial charge in [0.05, 0.1) is 45.3 Å². The van der Waals surface area contributed by atoms with Gasteiger partial charge in [0.1, 0.15) is 5.82 Å². The predicted octanol–water partition coefficient (Wildman–Crippen LogP) is 5.80. The molecule has 0 spiro atoms. The van der Waals surface area contributed by atoms with Crippen molar-refractivity contribution in [2.75, 3.05) is 4.90 Å². The summed E-state index contributed by atoms with van der Waals surface area (Å²) in [5, 5.41) is 8.37. The molecule has 1 saturated heterocycles. The molecule has 0 radical (unpaired) electrons. The molecule has 2 aromatic carbocycles. The minimum Gasteiger partial charge on any atom is -0.346 e. The summed E-state index contributed by atoms with van der Waals surface area (Å²) in [5.41, 5.74) is 2.64. The maximum absolute atomic E-state index is 13.7. The highest BCUT2D eigenvalue weighted by molar-refractivity contribution is 7.16. The van der Waals surface area contributed by atoms with Crippen molar-refractivity contribution in [2.24, 2.45) is 5.92 Å². The molecule has 1 aliphatic rings. The summed E-state index contributed by atoms with van der Waals surface area (Å²) in [7, 11) is 0. The Morgan fingerprint density at radius 1 is 1.05 bits per heavy atom. The molecule has 1 N–H and O–H groups in total. The quantitative estimate of drug-likeness (QED) is 0.303. The van der Waals surface area contributed by atoms with Gasteiger partial charge in [0, 0.05) is 28.3 Å². The highest BCUT2D eigenvalue weighted by atomic mass is 35.5. The van der Waals surface area contributed by atoms with E-state index in [4.69, 9.17) is 11.6 Å². The van der Waals surface area contributed by atoms with Crippen molar-refractivity contribution in [1.29, 1.82) is 0 Å². The summed E-state index contributed by atoms with van der Waals surface area (Å²) in [4.78, 5) is 33.4. The van der Waals surface area contributed by atoms with E-state index in [2.05, 4.69) is 15.4 Å². The molecule has 0 bridgehead atoms. The number of fused-ring (bicyclic) bond motifs is 1. The van der Waals surface area contributed by atoms with Gasteiger partial charge in [-0.2, -0.15) is 5.10 Å². The van der Waals surface area contributed by atoms with E-state index in [0.29, 0.717) is 15.6 Å². The molecular weight excluding hydrogens is 525 g/mol. The molecule has 190 valence electrons. The lowest BCUT2D eigenvalue weighted by atomic mass is 9.98. The Hall–Kier alpha value is -4.08. The number of pyridine rings is 1. The highest BCUT2D eigenvalue weighted by Gasteiger charge is 2.48. The van der Waals surface area contributed by atoms with Gasteiger partial charge in [0.15, 0.2) is 0 Å². The van der Waals surface area contributed by atoms with Crippen LogP contribution in [0, 0.1) is 11.7 Å². The molecule has 6 rings (SSSR count). The number of benzene rings is 2. The molecule has 3 aromatic heterocycles. The standard InChI is InChI=1S/C28H21ClFN5O2S/c1-16-25(33-27(36)17-3-2-12-31-14-17)26(23-10-11-24(29)38-23)34(28(16)37)21-8-9-22-18(13-21)15-32-35(22)20-6-4-19(30)5-7-20/h2-16,25-26H,1H3,(H,33,36)/t16-,25-,26?/m0/s1. The number of hydrogen-bond acceptors (Lipinski definition) is 5. The molecule has 1 aliphatic heterocycles. The Labute approximate surface area is 226 Å². The minimum absolute atomic E-state index is 0.110. The van der Waals surface area contributed by atoms with Crippen molar-refractivity contribution < 1.29 is 14.0 Å². The molecular formula is C28H21ClFN5O2S. The van der Waals surface area contributed by atoms with Crippen molar-refractivity contribution in [3.05, 3.63) is 106 Å². The number of nitrogens with zero attached hydrogens (tertiary/aromatic N) is 4. The maximum Gasteiger partial charge on any atom is 0.253 e. The third-order valence-corrected chi connectivity index (χ3v) is 8.09. The van der Waals surface area contributed by atoms with E-state index in [0.717, 1.165) is 21.5 Å². The number of carbonyl (C=O) groups excluding carboxylic acids is 2. The second-order valence-electron chi connectivity index (χ2n) is 9.10. The number of rotatable bonds is 5. The predicted molar refractivity (Wildman–Crippen MR) is 145 cm³/mol. The summed E-state index contributed by atoms with van der Waals surface area (Å²) in [6, 6.07) is 17.9. The lowest BCUT2D eigenvalue weighted by Gasteiger charge is -2.28. The summed E-state index contributed by atoms with van der Waals surface area (Å²) in [6.45, 7) is 1.82. The van der Waals surface area contributed by atoms with Crippen molar-refractivity contribution in [3.8, 4) is 5.69 Å². The fraction of sp³-hybridized carbons (Fsp3) is 0.143. The van der Waals surface area contributed by atoms with Crippen LogP contribution in [0.1, 0.15) is 28.2 Å². The van der Waals surface area contributed by atoms with E-state index >= 15 is 0 Å². The lowest BCUT2D eigenvalue weighted by molar-refractivity contribution is -0.120. The number of carbonyl (C=O) groups is 2. The number of aromatic nitrogens is 3.